The highest BCUT2D eigenvalue weighted by Gasteiger charge is 2.17. The molecule has 0 aliphatic heterocycles. The van der Waals surface area contributed by atoms with E-state index in [-0.39, 0.29) is 0 Å². The second-order valence-corrected chi connectivity index (χ2v) is 5.19. The first-order valence-electron chi connectivity index (χ1n) is 6.22. The molecule has 0 saturated heterocycles. The van der Waals surface area contributed by atoms with Gasteiger partial charge in [-0.05, 0) is 55.5 Å². The highest BCUT2D eigenvalue weighted by molar-refractivity contribution is 9.10. The summed E-state index contributed by atoms with van der Waals surface area (Å²) in [5, 5.41) is 8.70. The van der Waals surface area contributed by atoms with E-state index in [9.17, 15) is 4.79 Å². The van der Waals surface area contributed by atoms with Gasteiger partial charge in [-0.1, -0.05) is 15.9 Å². The number of ether oxygens (including phenoxy) is 2. The molecular formula is C16H12BrNO3. The third-order valence-corrected chi connectivity index (χ3v) is 3.19. The lowest BCUT2D eigenvalue weighted by atomic mass is 10.2. The van der Waals surface area contributed by atoms with Crippen LogP contribution in [-0.2, 0) is 4.79 Å². The number of esters is 1. The number of carbonyl (C=O) groups excluding carboxylic acids is 1. The molecule has 0 spiro atoms. The van der Waals surface area contributed by atoms with Crippen molar-refractivity contribution < 1.29 is 14.3 Å². The van der Waals surface area contributed by atoms with Gasteiger partial charge in [0.05, 0.1) is 11.6 Å². The lowest BCUT2D eigenvalue weighted by Crippen LogP contribution is -2.28. The smallest absolute Gasteiger partial charge is 0.352 e. The van der Waals surface area contributed by atoms with E-state index in [1.807, 2.05) is 18.2 Å². The van der Waals surface area contributed by atoms with Crippen LogP contribution in [0.25, 0.3) is 0 Å². The van der Waals surface area contributed by atoms with Crippen molar-refractivity contribution in [3.8, 4) is 17.6 Å². The van der Waals surface area contributed by atoms with Crippen molar-refractivity contribution in [1.29, 1.82) is 5.26 Å². The second kappa shape index (κ2) is 6.91. The van der Waals surface area contributed by atoms with Crippen molar-refractivity contribution in [3.63, 3.8) is 0 Å². The van der Waals surface area contributed by atoms with Crippen LogP contribution in [0, 0.1) is 11.3 Å². The number of benzene rings is 2. The van der Waals surface area contributed by atoms with Crippen LogP contribution >= 0.6 is 15.9 Å². The van der Waals surface area contributed by atoms with Crippen LogP contribution in [0.15, 0.2) is 53.0 Å². The summed E-state index contributed by atoms with van der Waals surface area (Å²) in [4.78, 5) is 11.9. The van der Waals surface area contributed by atoms with Gasteiger partial charge in [0.25, 0.3) is 0 Å². The van der Waals surface area contributed by atoms with E-state index in [0.29, 0.717) is 17.1 Å². The van der Waals surface area contributed by atoms with Crippen LogP contribution in [0.2, 0.25) is 0 Å². The largest absolute Gasteiger partial charge is 0.479 e. The highest BCUT2D eigenvalue weighted by Crippen LogP contribution is 2.18. The van der Waals surface area contributed by atoms with E-state index >= 15 is 0 Å². The van der Waals surface area contributed by atoms with Crippen molar-refractivity contribution in [2.75, 3.05) is 0 Å². The van der Waals surface area contributed by atoms with Crippen molar-refractivity contribution in [3.05, 3.63) is 58.6 Å². The van der Waals surface area contributed by atoms with Crippen molar-refractivity contribution in [1.82, 2.24) is 0 Å². The minimum Gasteiger partial charge on any atom is -0.479 e. The van der Waals surface area contributed by atoms with Gasteiger partial charge in [0.15, 0.2) is 6.10 Å². The predicted molar refractivity (Wildman–Crippen MR) is 81.0 cm³/mol. The summed E-state index contributed by atoms with van der Waals surface area (Å²) >= 11 is 3.33. The summed E-state index contributed by atoms with van der Waals surface area (Å²) < 4.78 is 11.6. The van der Waals surface area contributed by atoms with Gasteiger partial charge < -0.3 is 9.47 Å². The predicted octanol–water partition coefficient (Wildman–Crippen LogP) is 3.69. The number of carbonyl (C=O) groups is 1. The number of rotatable bonds is 4. The van der Waals surface area contributed by atoms with Crippen LogP contribution in [0.3, 0.4) is 0 Å². The fourth-order valence-corrected chi connectivity index (χ4v) is 1.83. The Kier molecular flexibility index (Phi) is 4.96. The molecule has 5 heteroatoms. The van der Waals surface area contributed by atoms with Gasteiger partial charge in [0.2, 0.25) is 0 Å². The average Bonchev–Trinajstić information content (AvgIpc) is 2.50. The summed E-state index contributed by atoms with van der Waals surface area (Å²) in [6.07, 6.45) is -0.734. The molecule has 0 N–H and O–H groups in total. The third-order valence-electron chi connectivity index (χ3n) is 2.66. The molecule has 0 fully saturated rings. The lowest BCUT2D eigenvalue weighted by molar-refractivity contribution is -0.141. The van der Waals surface area contributed by atoms with E-state index < -0.39 is 12.1 Å². The molecule has 2 aromatic carbocycles. The molecule has 0 aromatic heterocycles. The Hall–Kier alpha value is -2.32. The Morgan fingerprint density at radius 3 is 2.24 bits per heavy atom. The lowest BCUT2D eigenvalue weighted by Gasteiger charge is -2.13. The second-order valence-electron chi connectivity index (χ2n) is 4.27. The normalized spacial score (nSPS) is 11.3. The third kappa shape index (κ3) is 4.33. The molecule has 106 valence electrons. The number of hydrogen-bond acceptors (Lipinski definition) is 4. The van der Waals surface area contributed by atoms with Crippen LogP contribution < -0.4 is 9.47 Å². The van der Waals surface area contributed by atoms with E-state index in [0.717, 1.165) is 4.47 Å². The van der Waals surface area contributed by atoms with Crippen molar-refractivity contribution in [2.45, 2.75) is 13.0 Å². The molecule has 0 bridgehead atoms. The van der Waals surface area contributed by atoms with Gasteiger partial charge >= 0.3 is 5.97 Å². The molecule has 4 nitrogen and oxygen atoms in total. The Bertz CT molecular complexity index is 659. The maximum atomic E-state index is 11.9. The number of hydrogen-bond donors (Lipinski definition) is 0. The number of halogens is 1. The topological polar surface area (TPSA) is 59.3 Å². The van der Waals surface area contributed by atoms with Crippen LogP contribution in [-0.4, -0.2) is 12.1 Å². The van der Waals surface area contributed by atoms with Crippen molar-refractivity contribution >= 4 is 21.9 Å². The summed E-state index contributed by atoms with van der Waals surface area (Å²) in [6, 6.07) is 15.5. The molecule has 2 aromatic rings. The molecule has 21 heavy (non-hydrogen) atoms. The standard InChI is InChI=1S/C16H12BrNO3/c1-11(20-14-8-4-13(17)5-9-14)16(19)21-15-6-2-12(10-18)3-7-15/h2-9,11H,1H3. The highest BCUT2D eigenvalue weighted by atomic mass is 79.9. The van der Waals surface area contributed by atoms with Crippen LogP contribution in [0.1, 0.15) is 12.5 Å². The van der Waals surface area contributed by atoms with Crippen molar-refractivity contribution in [2.24, 2.45) is 0 Å². The summed E-state index contributed by atoms with van der Waals surface area (Å²) in [5.74, 6) is 0.468. The molecule has 2 rings (SSSR count). The van der Waals surface area contributed by atoms with Gasteiger partial charge in [-0.15, -0.1) is 0 Å². The van der Waals surface area contributed by atoms with E-state index in [1.165, 1.54) is 0 Å². The maximum absolute atomic E-state index is 11.9. The molecule has 0 saturated carbocycles. The van der Waals surface area contributed by atoms with Crippen LogP contribution in [0.5, 0.6) is 11.5 Å². The zero-order valence-electron chi connectivity index (χ0n) is 11.2. The van der Waals surface area contributed by atoms with Gasteiger partial charge in [-0.3, -0.25) is 0 Å². The maximum Gasteiger partial charge on any atom is 0.352 e. The van der Waals surface area contributed by atoms with Gasteiger partial charge in [-0.25, -0.2) is 4.79 Å². The number of nitriles is 1. The molecule has 0 radical (unpaired) electrons. The van der Waals surface area contributed by atoms with Gasteiger partial charge in [-0.2, -0.15) is 5.26 Å². The van der Waals surface area contributed by atoms with E-state index in [4.69, 9.17) is 14.7 Å². The quantitative estimate of drug-likeness (QED) is 0.626. The zero-order chi connectivity index (χ0) is 15.2. The summed E-state index contributed by atoms with van der Waals surface area (Å²) in [5.41, 5.74) is 0.508. The number of nitrogens with zero attached hydrogens (tertiary/aromatic N) is 1. The minimum atomic E-state index is -0.734. The SMILES string of the molecule is CC(Oc1ccc(Br)cc1)C(=O)Oc1ccc(C#N)cc1. The Morgan fingerprint density at radius 2 is 1.67 bits per heavy atom. The summed E-state index contributed by atoms with van der Waals surface area (Å²) in [6.45, 7) is 1.62. The molecule has 0 heterocycles. The Balaban J connectivity index is 1.95. The van der Waals surface area contributed by atoms with E-state index in [1.54, 1.807) is 43.3 Å². The zero-order valence-corrected chi connectivity index (χ0v) is 12.8. The fourth-order valence-electron chi connectivity index (χ4n) is 1.56. The Morgan fingerprint density at radius 1 is 1.10 bits per heavy atom. The van der Waals surface area contributed by atoms with Gasteiger partial charge in [0.1, 0.15) is 11.5 Å². The first-order chi connectivity index (χ1) is 10.1. The monoisotopic (exact) mass is 345 g/mol. The molecule has 0 aliphatic carbocycles. The average molecular weight is 346 g/mol. The first-order valence-corrected chi connectivity index (χ1v) is 7.02. The molecule has 0 aliphatic rings. The van der Waals surface area contributed by atoms with Gasteiger partial charge in [0, 0.05) is 4.47 Å². The van der Waals surface area contributed by atoms with E-state index in [2.05, 4.69) is 15.9 Å². The van der Waals surface area contributed by atoms with Crippen LogP contribution in [0.4, 0.5) is 0 Å². The molecule has 0 amide bonds. The molecule has 1 unspecified atom stereocenters. The molecular weight excluding hydrogens is 334 g/mol. The molecule has 1 atom stereocenters. The summed E-state index contributed by atoms with van der Waals surface area (Å²) in [7, 11) is 0. The first kappa shape index (κ1) is 15.1. The Labute approximate surface area is 131 Å². The fraction of sp³-hybridized carbons (Fsp3) is 0.125. The minimum absolute atomic E-state index is 0.380.